The predicted octanol–water partition coefficient (Wildman–Crippen LogP) is 6.92. The highest BCUT2D eigenvalue weighted by Gasteiger charge is 2.13. The number of para-hydroxylation sites is 1. The van der Waals surface area contributed by atoms with Gasteiger partial charge in [0.25, 0.3) is 0 Å². The van der Waals surface area contributed by atoms with Gasteiger partial charge in [0, 0.05) is 29.2 Å². The van der Waals surface area contributed by atoms with Crippen molar-refractivity contribution in [2.45, 2.75) is 6.10 Å². The molecular formula is C29H24ClNO4. The minimum absolute atomic E-state index is 0.272. The maximum absolute atomic E-state index is 10.9. The molecule has 0 fully saturated rings. The predicted molar refractivity (Wildman–Crippen MR) is 140 cm³/mol. The van der Waals surface area contributed by atoms with Crippen molar-refractivity contribution in [3.63, 3.8) is 0 Å². The monoisotopic (exact) mass is 485 g/mol. The molecule has 4 rings (SSSR count). The number of carboxylic acids is 1. The smallest absolute Gasteiger partial charge is 0.328 e. The van der Waals surface area contributed by atoms with Crippen molar-refractivity contribution in [2.75, 3.05) is 13.7 Å². The maximum Gasteiger partial charge on any atom is 0.328 e. The Balaban J connectivity index is 1.48. The number of hydrogen-bond acceptors (Lipinski definition) is 4. The van der Waals surface area contributed by atoms with E-state index in [2.05, 4.69) is 4.98 Å². The van der Waals surface area contributed by atoms with Crippen LogP contribution in [0.4, 0.5) is 0 Å². The van der Waals surface area contributed by atoms with E-state index in [4.69, 9.17) is 26.2 Å². The molecule has 176 valence electrons. The Bertz CT molecular complexity index is 1400. The molecule has 1 N–H and O–H groups in total. The highest BCUT2D eigenvalue weighted by molar-refractivity contribution is 6.31. The van der Waals surface area contributed by atoms with E-state index in [1.54, 1.807) is 19.2 Å². The molecule has 0 aliphatic rings. The van der Waals surface area contributed by atoms with E-state index in [0.29, 0.717) is 16.3 Å². The van der Waals surface area contributed by atoms with Crippen molar-refractivity contribution in [1.82, 2.24) is 4.98 Å². The molecule has 1 aromatic heterocycles. The first-order chi connectivity index (χ1) is 17.0. The third-order valence-electron chi connectivity index (χ3n) is 5.40. The summed E-state index contributed by atoms with van der Waals surface area (Å²) in [6, 6.07) is 25.0. The summed E-state index contributed by atoms with van der Waals surface area (Å²) in [5, 5.41) is 10.6. The van der Waals surface area contributed by atoms with Gasteiger partial charge >= 0.3 is 5.97 Å². The fourth-order valence-corrected chi connectivity index (χ4v) is 3.79. The molecule has 3 aromatic carbocycles. The van der Waals surface area contributed by atoms with Crippen molar-refractivity contribution < 1.29 is 19.4 Å². The molecule has 6 heteroatoms. The lowest BCUT2D eigenvalue weighted by Gasteiger charge is -2.18. The Morgan fingerprint density at radius 3 is 2.66 bits per heavy atom. The van der Waals surface area contributed by atoms with E-state index in [-0.39, 0.29) is 12.7 Å². The molecule has 0 spiro atoms. The summed E-state index contributed by atoms with van der Waals surface area (Å²) >= 11 is 6.10. The van der Waals surface area contributed by atoms with E-state index < -0.39 is 5.97 Å². The zero-order chi connectivity index (χ0) is 24.6. The Morgan fingerprint density at radius 1 is 1.00 bits per heavy atom. The first-order valence-electron chi connectivity index (χ1n) is 11.0. The molecule has 0 aliphatic carbocycles. The van der Waals surface area contributed by atoms with Crippen molar-refractivity contribution >= 4 is 46.7 Å². The summed E-state index contributed by atoms with van der Waals surface area (Å²) in [4.78, 5) is 15.5. The van der Waals surface area contributed by atoms with Crippen molar-refractivity contribution in [2.24, 2.45) is 0 Å². The summed E-state index contributed by atoms with van der Waals surface area (Å²) in [5.74, 6) is -0.423. The lowest BCUT2D eigenvalue weighted by atomic mass is 10.1. The lowest BCUT2D eigenvalue weighted by molar-refractivity contribution is -0.131. The minimum Gasteiger partial charge on any atom is -0.490 e. The number of ether oxygens (including phenoxy) is 2. The molecule has 0 amide bonds. The van der Waals surface area contributed by atoms with Crippen LogP contribution in [0, 0.1) is 0 Å². The molecule has 4 aromatic rings. The summed E-state index contributed by atoms with van der Waals surface area (Å²) in [7, 11) is 1.64. The van der Waals surface area contributed by atoms with Crippen LogP contribution in [-0.4, -0.2) is 29.8 Å². The Labute approximate surface area is 208 Å². The summed E-state index contributed by atoms with van der Waals surface area (Å²) in [5.41, 5.74) is 4.34. The number of rotatable bonds is 9. The number of pyridine rings is 1. The summed E-state index contributed by atoms with van der Waals surface area (Å²) < 4.78 is 11.7. The van der Waals surface area contributed by atoms with Gasteiger partial charge in [-0.1, -0.05) is 66.2 Å². The second kappa shape index (κ2) is 11.5. The van der Waals surface area contributed by atoms with E-state index in [1.807, 2.05) is 78.9 Å². The number of aliphatic carboxylic acids is 1. The summed E-state index contributed by atoms with van der Waals surface area (Å²) in [6.45, 7) is 0.272. The van der Waals surface area contributed by atoms with Gasteiger partial charge in [0.2, 0.25) is 0 Å². The molecule has 0 radical (unpaired) electrons. The fourth-order valence-electron chi connectivity index (χ4n) is 3.62. The van der Waals surface area contributed by atoms with Gasteiger partial charge in [-0.3, -0.25) is 0 Å². The first-order valence-corrected chi connectivity index (χ1v) is 11.4. The molecule has 1 heterocycles. The van der Waals surface area contributed by atoms with E-state index in [1.165, 1.54) is 6.08 Å². The number of methoxy groups -OCH3 is 1. The Kier molecular flexibility index (Phi) is 7.93. The SMILES string of the molecule is COC(COc1ccccc1/C=C/C(=O)O)c1cccc(/C=C/c2ccc3ccc(Cl)cc3n2)c1. The molecule has 1 unspecified atom stereocenters. The van der Waals surface area contributed by atoms with Crippen LogP contribution in [0.5, 0.6) is 5.75 Å². The molecule has 35 heavy (non-hydrogen) atoms. The number of carboxylic acid groups (broad SMARTS) is 1. The van der Waals surface area contributed by atoms with Crippen molar-refractivity contribution in [3.8, 4) is 5.75 Å². The number of fused-ring (bicyclic) bond motifs is 1. The van der Waals surface area contributed by atoms with Crippen LogP contribution in [0.2, 0.25) is 5.02 Å². The van der Waals surface area contributed by atoms with Crippen LogP contribution in [0.25, 0.3) is 29.1 Å². The van der Waals surface area contributed by atoms with Gasteiger partial charge in [-0.25, -0.2) is 9.78 Å². The number of carbonyl (C=O) groups is 1. The van der Waals surface area contributed by atoms with Crippen LogP contribution in [0.1, 0.15) is 28.5 Å². The third-order valence-corrected chi connectivity index (χ3v) is 5.64. The molecule has 0 saturated carbocycles. The standard InChI is InChI=1S/C29H24ClNO4/c1-34-28(19-35-27-8-3-2-6-22(27)12-16-29(32)33)23-7-4-5-20(17-23)9-14-25-15-11-21-10-13-24(30)18-26(21)31-25/h2-18,28H,19H2,1H3,(H,32,33)/b14-9+,16-12+. The number of benzene rings is 3. The van der Waals surface area contributed by atoms with Gasteiger partial charge < -0.3 is 14.6 Å². The number of nitrogens with zero attached hydrogens (tertiary/aromatic N) is 1. The van der Waals surface area contributed by atoms with E-state index in [9.17, 15) is 4.79 Å². The molecule has 5 nitrogen and oxygen atoms in total. The highest BCUT2D eigenvalue weighted by Crippen LogP contribution is 2.25. The zero-order valence-corrected chi connectivity index (χ0v) is 19.9. The van der Waals surface area contributed by atoms with Crippen LogP contribution >= 0.6 is 11.6 Å². The van der Waals surface area contributed by atoms with Gasteiger partial charge in [-0.15, -0.1) is 0 Å². The minimum atomic E-state index is -1.01. The topological polar surface area (TPSA) is 68.7 Å². The molecular weight excluding hydrogens is 462 g/mol. The number of aromatic nitrogens is 1. The summed E-state index contributed by atoms with van der Waals surface area (Å²) in [6.07, 6.45) is 6.26. The molecule has 0 aliphatic heterocycles. The average molecular weight is 486 g/mol. The molecule has 1 atom stereocenters. The highest BCUT2D eigenvalue weighted by atomic mass is 35.5. The number of hydrogen-bond donors (Lipinski definition) is 1. The normalized spacial score (nSPS) is 12.4. The van der Waals surface area contributed by atoms with Gasteiger partial charge in [0.1, 0.15) is 18.5 Å². The maximum atomic E-state index is 10.9. The molecule has 0 bridgehead atoms. The lowest BCUT2D eigenvalue weighted by Crippen LogP contribution is -2.13. The average Bonchev–Trinajstić information content (AvgIpc) is 2.87. The van der Waals surface area contributed by atoms with E-state index >= 15 is 0 Å². The van der Waals surface area contributed by atoms with Crippen LogP contribution in [-0.2, 0) is 9.53 Å². The van der Waals surface area contributed by atoms with Crippen LogP contribution < -0.4 is 4.74 Å². The number of halogens is 1. The first kappa shape index (κ1) is 24.2. The largest absolute Gasteiger partial charge is 0.490 e. The van der Waals surface area contributed by atoms with Crippen LogP contribution in [0.15, 0.2) is 84.9 Å². The van der Waals surface area contributed by atoms with Gasteiger partial charge in [-0.2, -0.15) is 0 Å². The molecule has 0 saturated heterocycles. The second-order valence-corrected chi connectivity index (χ2v) is 8.26. The fraction of sp³-hybridized carbons (Fsp3) is 0.103. The Morgan fingerprint density at radius 2 is 1.83 bits per heavy atom. The van der Waals surface area contributed by atoms with Gasteiger partial charge in [0.15, 0.2) is 0 Å². The van der Waals surface area contributed by atoms with Gasteiger partial charge in [-0.05, 0) is 53.6 Å². The van der Waals surface area contributed by atoms with Gasteiger partial charge in [0.05, 0.1) is 11.2 Å². The van der Waals surface area contributed by atoms with E-state index in [0.717, 1.165) is 33.8 Å². The zero-order valence-electron chi connectivity index (χ0n) is 19.1. The Hall–Kier alpha value is -3.93. The quantitative estimate of drug-likeness (QED) is 0.260. The third kappa shape index (κ3) is 6.57. The second-order valence-electron chi connectivity index (χ2n) is 7.82. The van der Waals surface area contributed by atoms with Crippen molar-refractivity contribution in [1.29, 1.82) is 0 Å². The van der Waals surface area contributed by atoms with Crippen LogP contribution in [0.3, 0.4) is 0 Å². The van der Waals surface area contributed by atoms with Crippen molar-refractivity contribution in [3.05, 3.63) is 112 Å².